The van der Waals surface area contributed by atoms with E-state index in [1.165, 1.54) is 0 Å². The van der Waals surface area contributed by atoms with E-state index in [4.69, 9.17) is 10.8 Å². The van der Waals surface area contributed by atoms with Crippen molar-refractivity contribution in [2.45, 2.75) is 18.9 Å². The second-order valence-electron chi connectivity index (χ2n) is 3.30. The van der Waals surface area contributed by atoms with Gasteiger partial charge in [-0.3, -0.25) is 4.79 Å². The maximum absolute atomic E-state index is 11.3. The molecule has 0 aromatic carbocycles. The van der Waals surface area contributed by atoms with Crippen LogP contribution >= 0.6 is 0 Å². The smallest absolute Gasteiger partial charge is 0.317 e. The second-order valence-corrected chi connectivity index (χ2v) is 3.30. The summed E-state index contributed by atoms with van der Waals surface area (Å²) in [6.07, 6.45) is 0.707. The van der Waals surface area contributed by atoms with Gasteiger partial charge in [0.05, 0.1) is 6.54 Å². The zero-order valence-corrected chi connectivity index (χ0v) is 7.90. The molecule has 0 aromatic heterocycles. The number of hydrogen-bond donors (Lipinski definition) is 3. The van der Waals surface area contributed by atoms with Gasteiger partial charge in [-0.2, -0.15) is 0 Å². The lowest BCUT2D eigenvalue weighted by Crippen LogP contribution is -2.44. The van der Waals surface area contributed by atoms with Crippen LogP contribution in [0.3, 0.4) is 0 Å². The lowest BCUT2D eigenvalue weighted by Gasteiger charge is -2.16. The summed E-state index contributed by atoms with van der Waals surface area (Å²) in [6, 6.07) is -0.247. The van der Waals surface area contributed by atoms with Gasteiger partial charge in [0.25, 0.3) is 0 Å². The Bertz CT molecular complexity index is 226. The number of carbonyl (C=O) groups is 2. The van der Waals surface area contributed by atoms with Crippen LogP contribution in [-0.2, 0) is 4.79 Å². The van der Waals surface area contributed by atoms with Crippen molar-refractivity contribution in [1.29, 1.82) is 0 Å². The number of aliphatic hydroxyl groups excluding tert-OH is 1. The largest absolute Gasteiger partial charge is 0.381 e. The van der Waals surface area contributed by atoms with Crippen molar-refractivity contribution in [2.75, 3.05) is 19.6 Å². The van der Waals surface area contributed by atoms with Gasteiger partial charge in [-0.05, 0) is 12.8 Å². The van der Waals surface area contributed by atoms with Gasteiger partial charge in [-0.15, -0.1) is 0 Å². The number of nitrogens with two attached hydrogens (primary N) is 1. The summed E-state index contributed by atoms with van der Waals surface area (Å²) < 4.78 is 0. The minimum Gasteiger partial charge on any atom is -0.381 e. The monoisotopic (exact) mass is 201 g/mol. The van der Waals surface area contributed by atoms with E-state index in [-0.39, 0.29) is 12.6 Å². The van der Waals surface area contributed by atoms with E-state index in [0.29, 0.717) is 0 Å². The number of hydrogen-bond acceptors (Lipinski definition) is 3. The molecular formula is C8H15N3O3. The molecule has 0 radical (unpaired) electrons. The van der Waals surface area contributed by atoms with E-state index in [9.17, 15) is 9.59 Å². The molecule has 80 valence electrons. The Hall–Kier alpha value is -1.30. The van der Waals surface area contributed by atoms with Crippen molar-refractivity contribution in [3.8, 4) is 0 Å². The third kappa shape index (κ3) is 2.88. The fourth-order valence-electron chi connectivity index (χ4n) is 1.32. The maximum Gasteiger partial charge on any atom is 0.317 e. The predicted octanol–water partition coefficient (Wildman–Crippen LogP) is -1.36. The van der Waals surface area contributed by atoms with E-state index in [2.05, 4.69) is 5.32 Å². The first kappa shape index (κ1) is 10.8. The Labute approximate surface area is 82.1 Å². The number of nitrogens with one attached hydrogen (secondary N) is 1. The Morgan fingerprint density at radius 2 is 2.00 bits per heavy atom. The highest BCUT2D eigenvalue weighted by Crippen LogP contribution is 2.06. The number of amides is 3. The Morgan fingerprint density at radius 1 is 1.43 bits per heavy atom. The molecule has 1 aliphatic heterocycles. The Kier molecular flexibility index (Phi) is 3.70. The topological polar surface area (TPSA) is 95.7 Å². The van der Waals surface area contributed by atoms with Gasteiger partial charge in [-0.1, -0.05) is 0 Å². The number of primary amides is 1. The molecule has 1 heterocycles. The molecule has 1 fully saturated rings. The minimum absolute atomic E-state index is 0.120. The number of rotatable bonds is 3. The van der Waals surface area contributed by atoms with Crippen LogP contribution in [-0.4, -0.2) is 47.7 Å². The van der Waals surface area contributed by atoms with Crippen molar-refractivity contribution in [2.24, 2.45) is 5.73 Å². The molecule has 1 rings (SSSR count). The van der Waals surface area contributed by atoms with Crippen molar-refractivity contribution in [3.63, 3.8) is 0 Å². The first-order valence-corrected chi connectivity index (χ1v) is 4.61. The molecule has 14 heavy (non-hydrogen) atoms. The van der Waals surface area contributed by atoms with Crippen LogP contribution in [0.15, 0.2) is 0 Å². The van der Waals surface area contributed by atoms with Crippen molar-refractivity contribution in [3.05, 3.63) is 0 Å². The average Bonchev–Trinajstić information content (AvgIpc) is 2.66. The third-order valence-electron chi connectivity index (χ3n) is 2.17. The fourth-order valence-corrected chi connectivity index (χ4v) is 1.32. The van der Waals surface area contributed by atoms with E-state index in [1.807, 2.05) is 0 Å². The summed E-state index contributed by atoms with van der Waals surface area (Å²) in [5.41, 5.74) is 4.82. The first-order valence-electron chi connectivity index (χ1n) is 4.61. The Morgan fingerprint density at radius 3 is 2.50 bits per heavy atom. The fraction of sp³-hybridized carbons (Fsp3) is 0.750. The summed E-state index contributed by atoms with van der Waals surface area (Å²) in [7, 11) is 0. The lowest BCUT2D eigenvalue weighted by atomic mass is 10.3. The highest BCUT2D eigenvalue weighted by Gasteiger charge is 2.19. The SMILES string of the molecule is NC(=O)C(O)CNC(=O)N1CCCC1. The molecule has 3 amide bonds. The van der Waals surface area contributed by atoms with Gasteiger partial charge < -0.3 is 21.1 Å². The molecule has 0 aliphatic carbocycles. The summed E-state index contributed by atoms with van der Waals surface area (Å²) >= 11 is 0. The lowest BCUT2D eigenvalue weighted by molar-refractivity contribution is -0.125. The van der Waals surface area contributed by atoms with Crippen LogP contribution in [0.1, 0.15) is 12.8 Å². The van der Waals surface area contributed by atoms with Gasteiger partial charge in [0, 0.05) is 13.1 Å². The summed E-state index contributed by atoms with van der Waals surface area (Å²) in [6.45, 7) is 1.35. The van der Waals surface area contributed by atoms with E-state index in [1.54, 1.807) is 4.90 Å². The molecule has 1 aliphatic rings. The number of urea groups is 1. The second kappa shape index (κ2) is 4.80. The molecule has 6 heteroatoms. The third-order valence-corrected chi connectivity index (χ3v) is 2.17. The van der Waals surface area contributed by atoms with Crippen molar-refractivity contribution < 1.29 is 14.7 Å². The highest BCUT2D eigenvalue weighted by atomic mass is 16.3. The van der Waals surface area contributed by atoms with E-state index >= 15 is 0 Å². The number of likely N-dealkylation sites (tertiary alicyclic amines) is 1. The van der Waals surface area contributed by atoms with Crippen LogP contribution in [0.2, 0.25) is 0 Å². The van der Waals surface area contributed by atoms with Gasteiger partial charge in [0.2, 0.25) is 5.91 Å². The van der Waals surface area contributed by atoms with Gasteiger partial charge in [0.15, 0.2) is 0 Å². The van der Waals surface area contributed by atoms with Crippen molar-refractivity contribution >= 4 is 11.9 Å². The zero-order chi connectivity index (χ0) is 10.6. The Balaban J connectivity index is 2.23. The predicted molar refractivity (Wildman–Crippen MR) is 49.4 cm³/mol. The van der Waals surface area contributed by atoms with Crippen LogP contribution < -0.4 is 11.1 Å². The van der Waals surface area contributed by atoms with Gasteiger partial charge in [0.1, 0.15) is 6.10 Å². The highest BCUT2D eigenvalue weighted by molar-refractivity contribution is 5.80. The zero-order valence-electron chi connectivity index (χ0n) is 7.90. The first-order chi connectivity index (χ1) is 6.61. The number of carbonyl (C=O) groups excluding carboxylic acids is 2. The average molecular weight is 201 g/mol. The van der Waals surface area contributed by atoms with Crippen LogP contribution in [0.25, 0.3) is 0 Å². The summed E-state index contributed by atoms with van der Waals surface area (Å²) in [5, 5.41) is 11.5. The summed E-state index contributed by atoms with van der Waals surface area (Å²) in [4.78, 5) is 23.4. The molecule has 1 atom stereocenters. The van der Waals surface area contributed by atoms with Gasteiger partial charge in [-0.25, -0.2) is 4.79 Å². The van der Waals surface area contributed by atoms with E-state index in [0.717, 1.165) is 25.9 Å². The molecule has 6 nitrogen and oxygen atoms in total. The molecule has 1 unspecified atom stereocenters. The van der Waals surface area contributed by atoms with Crippen LogP contribution in [0.5, 0.6) is 0 Å². The molecule has 1 saturated heterocycles. The molecular weight excluding hydrogens is 186 g/mol. The summed E-state index contributed by atoms with van der Waals surface area (Å²) in [5.74, 6) is -0.827. The number of nitrogens with zero attached hydrogens (tertiary/aromatic N) is 1. The molecule has 0 saturated carbocycles. The van der Waals surface area contributed by atoms with Crippen molar-refractivity contribution in [1.82, 2.24) is 10.2 Å². The van der Waals surface area contributed by atoms with Gasteiger partial charge >= 0.3 is 6.03 Å². The number of aliphatic hydroxyl groups is 1. The standard InChI is InChI=1S/C8H15N3O3/c9-7(13)6(12)5-10-8(14)11-3-1-2-4-11/h6,12H,1-5H2,(H2,9,13)(H,10,14). The van der Waals surface area contributed by atoms with E-state index < -0.39 is 12.0 Å². The molecule has 0 aromatic rings. The maximum atomic E-state index is 11.3. The minimum atomic E-state index is -1.30. The molecule has 0 bridgehead atoms. The molecule has 4 N–H and O–H groups in total. The normalized spacial score (nSPS) is 17.9. The quantitative estimate of drug-likeness (QED) is 0.526. The van der Waals surface area contributed by atoms with Crippen LogP contribution in [0.4, 0.5) is 4.79 Å². The molecule has 0 spiro atoms. The van der Waals surface area contributed by atoms with Crippen LogP contribution in [0, 0.1) is 0 Å².